The van der Waals surface area contributed by atoms with Gasteiger partial charge in [0.25, 0.3) is 0 Å². The summed E-state index contributed by atoms with van der Waals surface area (Å²) in [6.07, 6.45) is 2.09. The first-order chi connectivity index (χ1) is 7.18. The molecule has 0 saturated carbocycles. The van der Waals surface area contributed by atoms with Crippen molar-refractivity contribution in [1.29, 1.82) is 0 Å². The highest BCUT2D eigenvalue weighted by molar-refractivity contribution is 5.91. The summed E-state index contributed by atoms with van der Waals surface area (Å²) < 4.78 is 0. The molecule has 4 heteroatoms. The summed E-state index contributed by atoms with van der Waals surface area (Å²) in [5, 5.41) is 9.19. The Morgan fingerprint density at radius 2 is 1.73 bits per heavy atom. The smallest absolute Gasteiger partial charge is 0.246 e. The summed E-state index contributed by atoms with van der Waals surface area (Å²) >= 11 is 0. The average Bonchev–Trinajstić information content (AvgIpc) is 2.21. The van der Waals surface area contributed by atoms with Crippen LogP contribution in [-0.2, 0) is 4.79 Å². The van der Waals surface area contributed by atoms with Gasteiger partial charge in [0.15, 0.2) is 0 Å². The molecule has 0 aromatic carbocycles. The number of hydrogen-bond donors (Lipinski definition) is 3. The monoisotopic (exact) mass is 213 g/mol. The van der Waals surface area contributed by atoms with Gasteiger partial charge in [-0.3, -0.25) is 4.79 Å². The maximum Gasteiger partial charge on any atom is 0.246 e. The molecule has 3 N–H and O–H groups in total. The van der Waals surface area contributed by atoms with Crippen molar-refractivity contribution in [3.8, 4) is 0 Å². The molecule has 0 radical (unpaired) electrons. The van der Waals surface area contributed by atoms with Crippen molar-refractivity contribution in [3.05, 3.63) is 12.2 Å². The van der Waals surface area contributed by atoms with Crippen LogP contribution in [0.1, 0.15) is 19.8 Å². The minimum absolute atomic E-state index is 0.0508. The Morgan fingerprint density at radius 1 is 1.13 bits per heavy atom. The molecule has 4 nitrogen and oxygen atoms in total. The normalized spacial score (nSPS) is 10.0. The van der Waals surface area contributed by atoms with E-state index < -0.39 is 0 Å². The first kappa shape index (κ1) is 14.1. The van der Waals surface area contributed by atoms with Crippen LogP contribution in [0.15, 0.2) is 12.2 Å². The summed E-state index contributed by atoms with van der Waals surface area (Å²) in [7, 11) is 1.95. The largest absolute Gasteiger partial charge is 0.352 e. The summed E-state index contributed by atoms with van der Waals surface area (Å²) in [6, 6.07) is 0. The molecule has 0 aromatic rings. The third kappa shape index (κ3) is 9.43. The molecule has 0 saturated heterocycles. The lowest BCUT2D eigenvalue weighted by Crippen LogP contribution is -2.28. The minimum Gasteiger partial charge on any atom is -0.352 e. The second kappa shape index (κ2) is 9.68. The van der Waals surface area contributed by atoms with Gasteiger partial charge in [-0.2, -0.15) is 0 Å². The summed E-state index contributed by atoms with van der Waals surface area (Å²) in [6.45, 7) is 9.00. The number of hydrogen-bond acceptors (Lipinski definition) is 3. The van der Waals surface area contributed by atoms with E-state index in [9.17, 15) is 4.79 Å². The zero-order valence-electron chi connectivity index (χ0n) is 9.86. The molecule has 88 valence electrons. The Bertz CT molecular complexity index is 192. The van der Waals surface area contributed by atoms with Gasteiger partial charge >= 0.3 is 0 Å². The first-order valence-electron chi connectivity index (χ1n) is 5.47. The van der Waals surface area contributed by atoms with E-state index in [4.69, 9.17) is 0 Å². The van der Waals surface area contributed by atoms with E-state index in [1.807, 2.05) is 7.05 Å². The van der Waals surface area contributed by atoms with Crippen LogP contribution in [0.3, 0.4) is 0 Å². The Balaban J connectivity index is 3.11. The topological polar surface area (TPSA) is 53.2 Å². The third-order valence-electron chi connectivity index (χ3n) is 1.98. The van der Waals surface area contributed by atoms with Crippen LogP contribution < -0.4 is 16.0 Å². The van der Waals surface area contributed by atoms with Gasteiger partial charge in [-0.1, -0.05) is 6.58 Å². The van der Waals surface area contributed by atoms with Gasteiger partial charge in [-0.05, 0) is 46.4 Å². The second-order valence-corrected chi connectivity index (χ2v) is 3.60. The fourth-order valence-electron chi connectivity index (χ4n) is 1.08. The number of carbonyl (C=O) groups excluding carboxylic acids is 1. The van der Waals surface area contributed by atoms with Gasteiger partial charge in [0.2, 0.25) is 5.91 Å². The quantitative estimate of drug-likeness (QED) is 0.380. The highest BCUT2D eigenvalue weighted by Crippen LogP contribution is 1.85. The molecule has 0 aliphatic heterocycles. The fraction of sp³-hybridized carbons (Fsp3) is 0.727. The number of amides is 1. The van der Waals surface area contributed by atoms with Crippen LogP contribution in [0, 0.1) is 0 Å². The number of nitrogens with one attached hydrogen (secondary N) is 3. The standard InChI is InChI=1S/C11H23N3O/c1-10(2)11(15)14-9-5-8-13-7-4-6-12-3/h12-13H,1,4-9H2,2-3H3,(H,14,15). The lowest BCUT2D eigenvalue weighted by Gasteiger charge is -2.06. The molecule has 0 heterocycles. The Morgan fingerprint density at radius 3 is 2.27 bits per heavy atom. The molecule has 15 heavy (non-hydrogen) atoms. The fourth-order valence-corrected chi connectivity index (χ4v) is 1.08. The van der Waals surface area contributed by atoms with Crippen LogP contribution in [-0.4, -0.2) is 39.1 Å². The Labute approximate surface area is 92.5 Å². The first-order valence-corrected chi connectivity index (χ1v) is 5.47. The Kier molecular flexibility index (Phi) is 9.11. The van der Waals surface area contributed by atoms with E-state index in [2.05, 4.69) is 22.5 Å². The van der Waals surface area contributed by atoms with Crippen molar-refractivity contribution in [2.45, 2.75) is 19.8 Å². The van der Waals surface area contributed by atoms with Gasteiger partial charge in [0.1, 0.15) is 0 Å². The van der Waals surface area contributed by atoms with Crippen molar-refractivity contribution < 1.29 is 4.79 Å². The van der Waals surface area contributed by atoms with E-state index >= 15 is 0 Å². The average molecular weight is 213 g/mol. The van der Waals surface area contributed by atoms with Crippen molar-refractivity contribution in [3.63, 3.8) is 0 Å². The number of carbonyl (C=O) groups is 1. The molecular weight excluding hydrogens is 190 g/mol. The molecule has 0 aromatic heterocycles. The summed E-state index contributed by atoms with van der Waals surface area (Å²) in [5.74, 6) is -0.0508. The van der Waals surface area contributed by atoms with Gasteiger partial charge in [0.05, 0.1) is 0 Å². The van der Waals surface area contributed by atoms with Crippen LogP contribution in [0.25, 0.3) is 0 Å². The molecule has 0 aliphatic rings. The van der Waals surface area contributed by atoms with E-state index in [1.54, 1.807) is 6.92 Å². The van der Waals surface area contributed by atoms with Crippen molar-refractivity contribution in [2.24, 2.45) is 0 Å². The van der Waals surface area contributed by atoms with Gasteiger partial charge in [0, 0.05) is 12.1 Å². The maximum absolute atomic E-state index is 11.1. The predicted octanol–water partition coefficient (Wildman–Crippen LogP) is 0.268. The highest BCUT2D eigenvalue weighted by atomic mass is 16.1. The second-order valence-electron chi connectivity index (χ2n) is 3.60. The van der Waals surface area contributed by atoms with E-state index in [0.29, 0.717) is 12.1 Å². The summed E-state index contributed by atoms with van der Waals surface area (Å²) in [4.78, 5) is 11.1. The van der Waals surface area contributed by atoms with Crippen molar-refractivity contribution in [1.82, 2.24) is 16.0 Å². The molecule has 0 unspecified atom stereocenters. The molecule has 0 spiro atoms. The molecular formula is C11H23N3O. The zero-order valence-corrected chi connectivity index (χ0v) is 9.86. The third-order valence-corrected chi connectivity index (χ3v) is 1.98. The Hall–Kier alpha value is -0.870. The van der Waals surface area contributed by atoms with Gasteiger partial charge < -0.3 is 16.0 Å². The van der Waals surface area contributed by atoms with Crippen LogP contribution in [0.2, 0.25) is 0 Å². The SMILES string of the molecule is C=C(C)C(=O)NCCCNCCCNC. The predicted molar refractivity (Wildman–Crippen MR) is 63.9 cm³/mol. The highest BCUT2D eigenvalue weighted by Gasteiger charge is 1.98. The number of rotatable bonds is 9. The van der Waals surface area contributed by atoms with Gasteiger partial charge in [-0.25, -0.2) is 0 Å². The minimum atomic E-state index is -0.0508. The van der Waals surface area contributed by atoms with E-state index in [0.717, 1.165) is 32.5 Å². The summed E-state index contributed by atoms with van der Waals surface area (Å²) in [5.41, 5.74) is 0.567. The molecule has 0 fully saturated rings. The van der Waals surface area contributed by atoms with Crippen LogP contribution in [0.5, 0.6) is 0 Å². The molecule has 0 rings (SSSR count). The molecule has 0 aliphatic carbocycles. The lowest BCUT2D eigenvalue weighted by molar-refractivity contribution is -0.117. The molecule has 0 bridgehead atoms. The van der Waals surface area contributed by atoms with Crippen molar-refractivity contribution >= 4 is 5.91 Å². The van der Waals surface area contributed by atoms with Crippen LogP contribution in [0.4, 0.5) is 0 Å². The van der Waals surface area contributed by atoms with E-state index in [1.165, 1.54) is 0 Å². The maximum atomic E-state index is 11.1. The molecule has 1 amide bonds. The lowest BCUT2D eigenvalue weighted by atomic mass is 10.3. The van der Waals surface area contributed by atoms with E-state index in [-0.39, 0.29) is 5.91 Å². The van der Waals surface area contributed by atoms with Gasteiger partial charge in [-0.15, -0.1) is 0 Å². The van der Waals surface area contributed by atoms with Crippen molar-refractivity contribution in [2.75, 3.05) is 33.2 Å². The van der Waals surface area contributed by atoms with Crippen LogP contribution >= 0.6 is 0 Å². The molecule has 0 atom stereocenters. The zero-order chi connectivity index (χ0) is 11.5.